The summed E-state index contributed by atoms with van der Waals surface area (Å²) in [5, 5.41) is 1.64. The average molecular weight is 397 g/mol. The predicted octanol–water partition coefficient (Wildman–Crippen LogP) is 7.94. The zero-order valence-electron chi connectivity index (χ0n) is 18.3. The lowest BCUT2D eigenvalue weighted by atomic mass is 9.68. The fourth-order valence-corrected chi connectivity index (χ4v) is 6.01. The zero-order chi connectivity index (χ0) is 20.2. The van der Waals surface area contributed by atoms with Gasteiger partial charge < -0.3 is 4.74 Å². The molecule has 0 atom stereocenters. The predicted molar refractivity (Wildman–Crippen MR) is 120 cm³/mol. The molecule has 4 rings (SSSR count). The van der Waals surface area contributed by atoms with E-state index in [2.05, 4.69) is 6.92 Å². The second-order valence-electron chi connectivity index (χ2n) is 9.63. The smallest absolute Gasteiger partial charge is 0.134 e. The van der Waals surface area contributed by atoms with Gasteiger partial charge in [-0.1, -0.05) is 51.2 Å². The first kappa shape index (κ1) is 20.7. The molecule has 2 fully saturated rings. The molecule has 2 aromatic rings. The van der Waals surface area contributed by atoms with Crippen molar-refractivity contribution in [2.24, 2.45) is 23.7 Å². The lowest BCUT2D eigenvalue weighted by Gasteiger charge is -2.37. The van der Waals surface area contributed by atoms with E-state index in [9.17, 15) is 4.39 Å². The maximum atomic E-state index is 15.0. The lowest BCUT2D eigenvalue weighted by Crippen LogP contribution is -2.25. The van der Waals surface area contributed by atoms with Crippen LogP contribution in [-0.4, -0.2) is 7.11 Å². The van der Waals surface area contributed by atoms with Gasteiger partial charge in [-0.15, -0.1) is 0 Å². The second-order valence-corrected chi connectivity index (χ2v) is 9.63. The van der Waals surface area contributed by atoms with E-state index in [1.807, 2.05) is 30.3 Å². The molecule has 2 aromatic carbocycles. The Bertz CT molecular complexity index is 798. The van der Waals surface area contributed by atoms with Gasteiger partial charge in [0.1, 0.15) is 11.6 Å². The number of methoxy groups -OCH3 is 1. The van der Waals surface area contributed by atoms with Crippen LogP contribution in [0.2, 0.25) is 0 Å². The van der Waals surface area contributed by atoms with Crippen molar-refractivity contribution in [3.63, 3.8) is 0 Å². The van der Waals surface area contributed by atoms with Crippen molar-refractivity contribution in [1.82, 2.24) is 0 Å². The fourth-order valence-electron chi connectivity index (χ4n) is 6.01. The van der Waals surface area contributed by atoms with E-state index >= 15 is 0 Å². The maximum Gasteiger partial charge on any atom is 0.134 e. The van der Waals surface area contributed by atoms with Gasteiger partial charge in [0.15, 0.2) is 0 Å². The number of aryl methyl sites for hydroxylation is 1. The van der Waals surface area contributed by atoms with Crippen molar-refractivity contribution in [3.8, 4) is 5.75 Å². The van der Waals surface area contributed by atoms with E-state index in [-0.39, 0.29) is 5.82 Å². The normalized spacial score (nSPS) is 27.8. The number of rotatable bonds is 6. The number of ether oxygens (including phenoxy) is 1. The Balaban J connectivity index is 1.29. The molecule has 0 bridgehead atoms. The largest absolute Gasteiger partial charge is 0.497 e. The van der Waals surface area contributed by atoms with Crippen LogP contribution in [0.5, 0.6) is 5.75 Å². The topological polar surface area (TPSA) is 9.23 Å². The summed E-state index contributed by atoms with van der Waals surface area (Å²) in [5.74, 6) is 4.49. The molecule has 0 unspecified atom stereocenters. The lowest BCUT2D eigenvalue weighted by molar-refractivity contribution is 0.142. The Morgan fingerprint density at radius 1 is 0.862 bits per heavy atom. The third kappa shape index (κ3) is 4.78. The molecule has 2 heteroatoms. The summed E-state index contributed by atoms with van der Waals surface area (Å²) in [5.41, 5.74) is 0.877. The van der Waals surface area contributed by atoms with Crippen molar-refractivity contribution in [2.75, 3.05) is 7.11 Å². The van der Waals surface area contributed by atoms with Gasteiger partial charge in [0.05, 0.1) is 7.11 Å². The van der Waals surface area contributed by atoms with Gasteiger partial charge in [0.2, 0.25) is 0 Å². The van der Waals surface area contributed by atoms with Gasteiger partial charge in [-0.05, 0) is 91.3 Å². The van der Waals surface area contributed by atoms with Gasteiger partial charge in [0, 0.05) is 5.39 Å². The SMILES string of the molecule is CCC1CCC(C2CCC(CCc3ccc4cc(OC)ccc4c3F)CC2)CC1. The van der Waals surface area contributed by atoms with Crippen molar-refractivity contribution in [1.29, 1.82) is 0 Å². The number of hydrogen-bond donors (Lipinski definition) is 0. The van der Waals surface area contributed by atoms with Crippen LogP contribution in [0.3, 0.4) is 0 Å². The minimum absolute atomic E-state index is 0.0356. The number of benzene rings is 2. The molecule has 29 heavy (non-hydrogen) atoms. The van der Waals surface area contributed by atoms with Gasteiger partial charge in [-0.25, -0.2) is 4.39 Å². The number of hydrogen-bond acceptors (Lipinski definition) is 1. The average Bonchev–Trinajstić information content (AvgIpc) is 2.79. The number of fused-ring (bicyclic) bond motifs is 1. The summed E-state index contributed by atoms with van der Waals surface area (Å²) in [6.07, 6.45) is 14.8. The van der Waals surface area contributed by atoms with E-state index in [4.69, 9.17) is 4.74 Å². The molecule has 2 aliphatic carbocycles. The van der Waals surface area contributed by atoms with Crippen molar-refractivity contribution < 1.29 is 9.13 Å². The van der Waals surface area contributed by atoms with E-state index in [0.29, 0.717) is 0 Å². The van der Waals surface area contributed by atoms with Crippen LogP contribution in [0.15, 0.2) is 30.3 Å². The molecule has 2 aliphatic rings. The number of halogens is 1. The standard InChI is InChI=1S/C27H37FO/c1-3-19-4-9-21(10-5-19)22-11-6-20(7-12-22)8-13-23-14-15-24-18-25(29-2)16-17-26(24)27(23)28/h14-22H,3-13H2,1-2H3. The summed E-state index contributed by atoms with van der Waals surface area (Å²) >= 11 is 0. The van der Waals surface area contributed by atoms with E-state index in [1.54, 1.807) is 7.11 Å². The minimum atomic E-state index is -0.0356. The van der Waals surface area contributed by atoms with Crippen LogP contribution in [0.25, 0.3) is 10.8 Å². The highest BCUT2D eigenvalue weighted by molar-refractivity contribution is 5.85. The minimum Gasteiger partial charge on any atom is -0.497 e. The summed E-state index contributed by atoms with van der Waals surface area (Å²) in [4.78, 5) is 0. The highest BCUT2D eigenvalue weighted by Crippen LogP contribution is 2.42. The Labute approximate surface area is 176 Å². The Morgan fingerprint density at radius 2 is 1.52 bits per heavy atom. The summed E-state index contributed by atoms with van der Waals surface area (Å²) in [6.45, 7) is 2.35. The highest BCUT2D eigenvalue weighted by atomic mass is 19.1. The Hall–Kier alpha value is -1.57. The molecular weight excluding hydrogens is 359 g/mol. The molecule has 158 valence electrons. The second kappa shape index (κ2) is 9.49. The molecule has 0 heterocycles. The van der Waals surface area contributed by atoms with Crippen LogP contribution in [-0.2, 0) is 6.42 Å². The van der Waals surface area contributed by atoms with Gasteiger partial charge in [-0.2, -0.15) is 0 Å². The fraction of sp³-hybridized carbons (Fsp3) is 0.630. The first-order chi connectivity index (χ1) is 14.2. The zero-order valence-corrected chi connectivity index (χ0v) is 18.3. The van der Waals surface area contributed by atoms with Crippen molar-refractivity contribution in [2.45, 2.75) is 77.6 Å². The van der Waals surface area contributed by atoms with Crippen molar-refractivity contribution >= 4 is 10.8 Å². The van der Waals surface area contributed by atoms with Crippen LogP contribution in [0.1, 0.15) is 76.7 Å². The summed E-state index contributed by atoms with van der Waals surface area (Å²) in [7, 11) is 1.65. The molecule has 0 radical (unpaired) electrons. The molecular formula is C27H37FO. The van der Waals surface area contributed by atoms with Crippen LogP contribution in [0, 0.1) is 29.5 Å². The van der Waals surface area contributed by atoms with Gasteiger partial charge in [-0.3, -0.25) is 0 Å². The molecule has 0 aliphatic heterocycles. The van der Waals surface area contributed by atoms with E-state index < -0.39 is 0 Å². The Morgan fingerprint density at radius 3 is 2.14 bits per heavy atom. The molecule has 0 saturated heterocycles. The van der Waals surface area contributed by atoms with Crippen molar-refractivity contribution in [3.05, 3.63) is 41.7 Å². The van der Waals surface area contributed by atoms with Crippen LogP contribution in [0.4, 0.5) is 4.39 Å². The first-order valence-electron chi connectivity index (χ1n) is 11.9. The maximum absolute atomic E-state index is 15.0. The summed E-state index contributed by atoms with van der Waals surface area (Å²) < 4.78 is 20.2. The first-order valence-corrected chi connectivity index (χ1v) is 11.9. The monoisotopic (exact) mass is 396 g/mol. The quantitative estimate of drug-likeness (QED) is 0.481. The van der Waals surface area contributed by atoms with Crippen LogP contribution >= 0.6 is 0 Å². The molecule has 2 saturated carbocycles. The van der Waals surface area contributed by atoms with Gasteiger partial charge in [0.25, 0.3) is 0 Å². The molecule has 0 amide bonds. The van der Waals surface area contributed by atoms with E-state index in [1.165, 1.54) is 57.8 Å². The van der Waals surface area contributed by atoms with Gasteiger partial charge >= 0.3 is 0 Å². The third-order valence-electron chi connectivity index (χ3n) is 8.09. The summed E-state index contributed by atoms with van der Waals surface area (Å²) in [6, 6.07) is 9.64. The molecule has 0 spiro atoms. The third-order valence-corrected chi connectivity index (χ3v) is 8.09. The van der Waals surface area contributed by atoms with E-state index in [0.717, 1.165) is 58.6 Å². The molecule has 0 aromatic heterocycles. The molecule has 1 nitrogen and oxygen atoms in total. The Kier molecular flexibility index (Phi) is 6.77. The van der Waals surface area contributed by atoms with Crippen LogP contribution < -0.4 is 4.74 Å². The highest BCUT2D eigenvalue weighted by Gasteiger charge is 2.30. The molecule has 0 N–H and O–H groups in total.